The Balaban J connectivity index is 3.03. The molecule has 1 unspecified atom stereocenters. The van der Waals surface area contributed by atoms with Crippen molar-refractivity contribution < 1.29 is 5.11 Å². The molecule has 3 nitrogen and oxygen atoms in total. The zero-order chi connectivity index (χ0) is 18.4. The van der Waals surface area contributed by atoms with Crippen molar-refractivity contribution in [2.45, 2.75) is 123 Å². The van der Waals surface area contributed by atoms with E-state index >= 15 is 0 Å². The molecular weight excluding hydrogens is 308 g/mol. The first-order chi connectivity index (χ1) is 12.3. The smallest absolute Gasteiger partial charge is 0.104 e. The van der Waals surface area contributed by atoms with Crippen molar-refractivity contribution >= 4 is 0 Å². The van der Waals surface area contributed by atoms with Crippen molar-refractivity contribution in [1.29, 1.82) is 0 Å². The fourth-order valence-corrected chi connectivity index (χ4v) is 3.18. The van der Waals surface area contributed by atoms with Crippen LogP contribution >= 0.6 is 0 Å². The second kappa shape index (κ2) is 21.9. The van der Waals surface area contributed by atoms with Gasteiger partial charge in [-0.2, -0.15) is 0 Å². The first-order valence-electron chi connectivity index (χ1n) is 11.4. The minimum Gasteiger partial charge on any atom is -0.379 e. The van der Waals surface area contributed by atoms with Gasteiger partial charge in [-0.15, -0.1) is 0 Å². The maximum absolute atomic E-state index is 9.68. The number of rotatable bonds is 21. The molecule has 25 heavy (non-hydrogen) atoms. The van der Waals surface area contributed by atoms with Gasteiger partial charge in [0.1, 0.15) is 6.23 Å². The Morgan fingerprint density at radius 2 is 1.00 bits per heavy atom. The number of hydrogen-bond donors (Lipinski definition) is 3. The molecule has 0 spiro atoms. The van der Waals surface area contributed by atoms with Crippen LogP contribution in [0.5, 0.6) is 0 Å². The first kappa shape index (κ1) is 24.9. The lowest BCUT2D eigenvalue weighted by molar-refractivity contribution is 0.125. The maximum Gasteiger partial charge on any atom is 0.104 e. The van der Waals surface area contributed by atoms with Gasteiger partial charge in [0.2, 0.25) is 0 Å². The summed E-state index contributed by atoms with van der Waals surface area (Å²) in [6.45, 7) is 7.73. The summed E-state index contributed by atoms with van der Waals surface area (Å²) in [7, 11) is 0. The lowest BCUT2D eigenvalue weighted by atomic mass is 10.1. The van der Waals surface area contributed by atoms with Crippen LogP contribution in [0.25, 0.3) is 0 Å². The first-order valence-corrected chi connectivity index (χ1v) is 11.4. The number of unbranched alkanes of at least 4 members (excludes halogenated alkanes) is 12. The molecule has 0 amide bonds. The molecule has 3 heteroatoms. The lowest BCUT2D eigenvalue weighted by Crippen LogP contribution is -2.29. The van der Waals surface area contributed by atoms with E-state index in [0.29, 0.717) is 0 Å². The second-order valence-electron chi connectivity index (χ2n) is 7.60. The third-order valence-corrected chi connectivity index (χ3v) is 4.95. The summed E-state index contributed by atoms with van der Waals surface area (Å²) in [5, 5.41) is 16.5. The summed E-state index contributed by atoms with van der Waals surface area (Å²) in [4.78, 5) is 0. The van der Waals surface area contributed by atoms with E-state index in [0.717, 1.165) is 32.4 Å². The molecule has 0 aromatic heterocycles. The third-order valence-electron chi connectivity index (χ3n) is 4.95. The lowest BCUT2D eigenvalue weighted by Gasteiger charge is -2.12. The van der Waals surface area contributed by atoms with Crippen LogP contribution in [0.3, 0.4) is 0 Å². The van der Waals surface area contributed by atoms with Crippen molar-refractivity contribution in [3.05, 3.63) is 0 Å². The fourth-order valence-electron chi connectivity index (χ4n) is 3.18. The SMILES string of the molecule is CCCCCCCCCCCCNCCCCCNC(O)CCCC. The van der Waals surface area contributed by atoms with Crippen LogP contribution in [0, 0.1) is 0 Å². The highest BCUT2D eigenvalue weighted by molar-refractivity contribution is 4.56. The molecule has 0 rings (SSSR count). The number of aliphatic hydroxyl groups is 1. The predicted octanol–water partition coefficient (Wildman–Crippen LogP) is 5.77. The largest absolute Gasteiger partial charge is 0.379 e. The molecule has 0 heterocycles. The summed E-state index contributed by atoms with van der Waals surface area (Å²) in [5.41, 5.74) is 0. The standard InChI is InChI=1S/C22H48N2O/c1-3-5-7-8-9-10-11-12-13-15-19-23-20-16-14-17-21-24-22(25)18-6-4-2/h22-25H,3-21H2,1-2H3. The summed E-state index contributed by atoms with van der Waals surface area (Å²) >= 11 is 0. The van der Waals surface area contributed by atoms with Crippen LogP contribution in [0.1, 0.15) is 117 Å². The predicted molar refractivity (Wildman–Crippen MR) is 112 cm³/mol. The number of nitrogens with one attached hydrogen (secondary N) is 2. The molecule has 0 saturated heterocycles. The molecule has 0 saturated carbocycles. The van der Waals surface area contributed by atoms with Crippen LogP contribution in [0.2, 0.25) is 0 Å². The Kier molecular flexibility index (Phi) is 21.8. The second-order valence-corrected chi connectivity index (χ2v) is 7.60. The molecular formula is C22H48N2O. The van der Waals surface area contributed by atoms with Crippen molar-refractivity contribution in [2.24, 2.45) is 0 Å². The van der Waals surface area contributed by atoms with Crippen LogP contribution in [0.15, 0.2) is 0 Å². The average Bonchev–Trinajstić information content (AvgIpc) is 2.62. The zero-order valence-corrected chi connectivity index (χ0v) is 17.5. The van der Waals surface area contributed by atoms with Gasteiger partial charge in [0.25, 0.3) is 0 Å². The average molecular weight is 357 g/mol. The van der Waals surface area contributed by atoms with E-state index in [4.69, 9.17) is 0 Å². The van der Waals surface area contributed by atoms with Crippen molar-refractivity contribution in [1.82, 2.24) is 10.6 Å². The van der Waals surface area contributed by atoms with Gasteiger partial charge in [0.05, 0.1) is 0 Å². The Hall–Kier alpha value is -0.120. The van der Waals surface area contributed by atoms with E-state index in [1.807, 2.05) is 0 Å². The summed E-state index contributed by atoms with van der Waals surface area (Å²) in [6.07, 6.45) is 20.7. The number of aliphatic hydroxyl groups excluding tert-OH is 1. The molecule has 0 aromatic rings. The Bertz CT molecular complexity index is 236. The van der Waals surface area contributed by atoms with Gasteiger partial charge in [-0.1, -0.05) is 84.5 Å². The topological polar surface area (TPSA) is 44.3 Å². The summed E-state index contributed by atoms with van der Waals surface area (Å²) in [6, 6.07) is 0. The van der Waals surface area contributed by atoms with Crippen LogP contribution in [-0.2, 0) is 0 Å². The van der Waals surface area contributed by atoms with Crippen LogP contribution in [-0.4, -0.2) is 31.0 Å². The van der Waals surface area contributed by atoms with Crippen molar-refractivity contribution in [3.8, 4) is 0 Å². The summed E-state index contributed by atoms with van der Waals surface area (Å²) in [5.74, 6) is 0. The van der Waals surface area contributed by atoms with Gasteiger partial charge in [0, 0.05) is 0 Å². The molecule has 0 aliphatic carbocycles. The zero-order valence-electron chi connectivity index (χ0n) is 17.5. The molecule has 3 N–H and O–H groups in total. The molecule has 0 radical (unpaired) electrons. The molecule has 0 bridgehead atoms. The van der Waals surface area contributed by atoms with E-state index in [1.54, 1.807) is 0 Å². The van der Waals surface area contributed by atoms with Gasteiger partial charge in [0.15, 0.2) is 0 Å². The van der Waals surface area contributed by atoms with Crippen LogP contribution < -0.4 is 10.6 Å². The van der Waals surface area contributed by atoms with Gasteiger partial charge < -0.3 is 10.4 Å². The van der Waals surface area contributed by atoms with Crippen LogP contribution in [0.4, 0.5) is 0 Å². The Labute approximate surface area is 158 Å². The van der Waals surface area contributed by atoms with Crippen molar-refractivity contribution in [2.75, 3.05) is 19.6 Å². The molecule has 1 atom stereocenters. The van der Waals surface area contributed by atoms with Gasteiger partial charge in [-0.3, -0.25) is 5.32 Å². The fraction of sp³-hybridized carbons (Fsp3) is 1.00. The van der Waals surface area contributed by atoms with Crippen molar-refractivity contribution in [3.63, 3.8) is 0 Å². The summed E-state index contributed by atoms with van der Waals surface area (Å²) < 4.78 is 0. The van der Waals surface area contributed by atoms with Gasteiger partial charge in [-0.05, 0) is 51.7 Å². The van der Waals surface area contributed by atoms with E-state index in [9.17, 15) is 5.11 Å². The molecule has 152 valence electrons. The maximum atomic E-state index is 9.68. The monoisotopic (exact) mass is 356 g/mol. The number of hydrogen-bond acceptors (Lipinski definition) is 3. The molecule has 0 aliphatic heterocycles. The Morgan fingerprint density at radius 1 is 0.560 bits per heavy atom. The minimum atomic E-state index is -0.297. The highest BCUT2D eigenvalue weighted by Gasteiger charge is 2.00. The van der Waals surface area contributed by atoms with E-state index in [2.05, 4.69) is 24.5 Å². The minimum absolute atomic E-state index is 0.297. The molecule has 0 aromatic carbocycles. The van der Waals surface area contributed by atoms with E-state index < -0.39 is 0 Å². The highest BCUT2D eigenvalue weighted by Crippen LogP contribution is 2.10. The molecule has 0 fully saturated rings. The van der Waals surface area contributed by atoms with Gasteiger partial charge >= 0.3 is 0 Å². The van der Waals surface area contributed by atoms with Gasteiger partial charge in [-0.25, -0.2) is 0 Å². The molecule has 0 aliphatic rings. The third kappa shape index (κ3) is 21.8. The normalized spacial score (nSPS) is 12.6. The Morgan fingerprint density at radius 3 is 1.56 bits per heavy atom. The quantitative estimate of drug-likeness (QED) is 0.181. The highest BCUT2D eigenvalue weighted by atomic mass is 16.3. The van der Waals surface area contributed by atoms with E-state index in [-0.39, 0.29) is 6.23 Å². The van der Waals surface area contributed by atoms with E-state index in [1.165, 1.54) is 90.0 Å².